The molecule has 1 saturated heterocycles. The van der Waals surface area contributed by atoms with Crippen molar-refractivity contribution >= 4 is 34.8 Å². The highest BCUT2D eigenvalue weighted by Gasteiger charge is 2.24. The number of nitrogens with one attached hydrogen (secondary N) is 1. The highest BCUT2D eigenvalue weighted by atomic mass is 35.5. The van der Waals surface area contributed by atoms with Gasteiger partial charge in [0.15, 0.2) is 0 Å². The molecular weight excluding hydrogens is 466 g/mol. The highest BCUT2D eigenvalue weighted by molar-refractivity contribution is 6.31. The Morgan fingerprint density at radius 1 is 0.971 bits per heavy atom. The van der Waals surface area contributed by atoms with E-state index in [1.54, 1.807) is 43.5 Å². The molecule has 4 rings (SSSR count). The van der Waals surface area contributed by atoms with E-state index in [-0.39, 0.29) is 11.8 Å². The summed E-state index contributed by atoms with van der Waals surface area (Å²) in [6.07, 6.45) is 0. The zero-order chi connectivity index (χ0) is 24.8. The summed E-state index contributed by atoms with van der Waals surface area (Å²) in [6, 6.07) is 19.9. The van der Waals surface area contributed by atoms with Crippen LogP contribution in [0.15, 0.2) is 66.7 Å². The third kappa shape index (κ3) is 5.87. The van der Waals surface area contributed by atoms with Crippen molar-refractivity contribution in [2.45, 2.75) is 6.92 Å². The lowest BCUT2D eigenvalue weighted by molar-refractivity contribution is 0.0743. The molecule has 0 atom stereocenters. The van der Waals surface area contributed by atoms with Gasteiger partial charge < -0.3 is 24.6 Å². The number of rotatable bonds is 7. The van der Waals surface area contributed by atoms with Crippen LogP contribution in [0.25, 0.3) is 0 Å². The maximum atomic E-state index is 13.0. The quantitative estimate of drug-likeness (QED) is 0.503. The lowest BCUT2D eigenvalue weighted by Crippen LogP contribution is -2.48. The van der Waals surface area contributed by atoms with Gasteiger partial charge in [0, 0.05) is 48.1 Å². The number of halogens is 1. The van der Waals surface area contributed by atoms with Gasteiger partial charge in [-0.25, -0.2) is 0 Å². The van der Waals surface area contributed by atoms with Gasteiger partial charge >= 0.3 is 0 Å². The molecule has 0 bridgehead atoms. The Labute approximate surface area is 210 Å². The highest BCUT2D eigenvalue weighted by Crippen LogP contribution is 2.26. The Morgan fingerprint density at radius 2 is 1.71 bits per heavy atom. The summed E-state index contributed by atoms with van der Waals surface area (Å²) in [5, 5.41) is 3.43. The monoisotopic (exact) mass is 493 g/mol. The van der Waals surface area contributed by atoms with Crippen LogP contribution in [0.3, 0.4) is 0 Å². The van der Waals surface area contributed by atoms with Crippen LogP contribution in [0.2, 0.25) is 5.02 Å². The number of benzene rings is 3. The Hall–Kier alpha value is -3.71. The Bertz CT molecular complexity index is 1190. The average molecular weight is 494 g/mol. The largest absolute Gasteiger partial charge is 0.496 e. The zero-order valence-electron chi connectivity index (χ0n) is 19.8. The first kappa shape index (κ1) is 24.4. The van der Waals surface area contributed by atoms with Gasteiger partial charge in [0.05, 0.1) is 19.3 Å². The summed E-state index contributed by atoms with van der Waals surface area (Å²) in [7, 11) is 1.54. The third-order valence-electron chi connectivity index (χ3n) is 5.86. The minimum atomic E-state index is -0.192. The lowest BCUT2D eigenvalue weighted by Gasteiger charge is -2.36. The van der Waals surface area contributed by atoms with E-state index in [1.165, 1.54) is 0 Å². The van der Waals surface area contributed by atoms with Crippen LogP contribution in [-0.4, -0.2) is 56.6 Å². The van der Waals surface area contributed by atoms with E-state index in [4.69, 9.17) is 21.1 Å². The van der Waals surface area contributed by atoms with Gasteiger partial charge in [0.2, 0.25) is 0 Å². The number of amides is 2. The molecule has 0 aliphatic carbocycles. The summed E-state index contributed by atoms with van der Waals surface area (Å²) < 4.78 is 10.8. The van der Waals surface area contributed by atoms with Gasteiger partial charge in [-0.1, -0.05) is 17.7 Å². The van der Waals surface area contributed by atoms with E-state index in [2.05, 4.69) is 10.2 Å². The number of carbonyl (C=O) groups excluding carboxylic acids is 2. The summed E-state index contributed by atoms with van der Waals surface area (Å²) >= 11 is 6.09. The van der Waals surface area contributed by atoms with Crippen molar-refractivity contribution in [3.63, 3.8) is 0 Å². The molecule has 3 aromatic rings. The number of hydrogen-bond acceptors (Lipinski definition) is 5. The fraction of sp³-hybridized carbons (Fsp3) is 0.259. The summed E-state index contributed by atoms with van der Waals surface area (Å²) in [4.78, 5) is 29.7. The smallest absolute Gasteiger partial charge is 0.257 e. The van der Waals surface area contributed by atoms with Gasteiger partial charge in [0.25, 0.3) is 11.8 Å². The third-order valence-corrected chi connectivity index (χ3v) is 6.09. The molecule has 35 heavy (non-hydrogen) atoms. The van der Waals surface area contributed by atoms with Crippen LogP contribution >= 0.6 is 11.6 Å². The van der Waals surface area contributed by atoms with Crippen LogP contribution in [0.5, 0.6) is 11.5 Å². The van der Waals surface area contributed by atoms with Crippen molar-refractivity contribution in [1.29, 1.82) is 0 Å². The van der Waals surface area contributed by atoms with Crippen molar-refractivity contribution < 1.29 is 19.1 Å². The molecule has 7 nitrogen and oxygen atoms in total. The number of carbonyl (C=O) groups is 2. The van der Waals surface area contributed by atoms with Crippen LogP contribution < -0.4 is 19.7 Å². The first-order valence-electron chi connectivity index (χ1n) is 11.5. The second kappa shape index (κ2) is 11.1. The maximum absolute atomic E-state index is 13.0. The first-order valence-corrected chi connectivity index (χ1v) is 11.9. The molecule has 182 valence electrons. The van der Waals surface area contributed by atoms with Gasteiger partial charge in [0.1, 0.15) is 11.5 Å². The Balaban J connectivity index is 1.35. The summed E-state index contributed by atoms with van der Waals surface area (Å²) in [5.41, 5.74) is 2.76. The second-order valence-corrected chi connectivity index (χ2v) is 8.52. The van der Waals surface area contributed by atoms with Crippen LogP contribution in [0.4, 0.5) is 11.4 Å². The first-order chi connectivity index (χ1) is 17.0. The maximum Gasteiger partial charge on any atom is 0.257 e. The molecule has 1 fully saturated rings. The molecule has 2 amide bonds. The molecular formula is C27H28ClN3O4. The molecule has 8 heteroatoms. The Morgan fingerprint density at radius 3 is 2.40 bits per heavy atom. The summed E-state index contributed by atoms with van der Waals surface area (Å²) in [6.45, 7) is 5.02. The number of nitrogens with zero attached hydrogens (tertiary/aromatic N) is 2. The molecule has 0 unspecified atom stereocenters. The van der Waals surface area contributed by atoms with E-state index in [0.717, 1.165) is 5.69 Å². The number of methoxy groups -OCH3 is 1. The average Bonchev–Trinajstić information content (AvgIpc) is 2.89. The van der Waals surface area contributed by atoms with Crippen LogP contribution in [-0.2, 0) is 0 Å². The standard InChI is InChI=1S/C27H28ClN3O4/c1-3-35-23-6-4-5-19(17-23)26(32)29-21-8-10-22(11-9-21)30-13-15-31(16-14-30)27(33)24-18-20(28)7-12-25(24)34-2/h4-12,17-18H,3,13-16H2,1-2H3,(H,29,32). The normalized spacial score (nSPS) is 13.3. The fourth-order valence-corrected chi connectivity index (χ4v) is 4.21. The SMILES string of the molecule is CCOc1cccc(C(=O)Nc2ccc(N3CCN(C(=O)c4cc(Cl)ccc4OC)CC3)cc2)c1. The van der Waals surface area contributed by atoms with E-state index < -0.39 is 0 Å². The van der Waals surface area contributed by atoms with E-state index in [9.17, 15) is 9.59 Å². The van der Waals surface area contributed by atoms with Gasteiger partial charge in [-0.2, -0.15) is 0 Å². The number of hydrogen-bond donors (Lipinski definition) is 1. The van der Waals surface area contributed by atoms with Gasteiger partial charge in [-0.15, -0.1) is 0 Å². The molecule has 1 aliphatic rings. The number of piperazine rings is 1. The van der Waals surface area contributed by atoms with Gasteiger partial charge in [-0.3, -0.25) is 9.59 Å². The van der Waals surface area contributed by atoms with Crippen molar-refractivity contribution in [2.24, 2.45) is 0 Å². The van der Waals surface area contributed by atoms with E-state index >= 15 is 0 Å². The Kier molecular flexibility index (Phi) is 7.77. The zero-order valence-corrected chi connectivity index (χ0v) is 20.5. The topological polar surface area (TPSA) is 71.1 Å². The molecule has 0 radical (unpaired) electrons. The predicted octanol–water partition coefficient (Wildman–Crippen LogP) is 4.96. The molecule has 1 N–H and O–H groups in total. The van der Waals surface area contributed by atoms with Crippen LogP contribution in [0.1, 0.15) is 27.6 Å². The fourth-order valence-electron chi connectivity index (χ4n) is 4.04. The summed E-state index contributed by atoms with van der Waals surface area (Å²) in [5.74, 6) is 0.907. The molecule has 0 aromatic heterocycles. The lowest BCUT2D eigenvalue weighted by atomic mass is 10.1. The van der Waals surface area contributed by atoms with Crippen LogP contribution in [0, 0.1) is 0 Å². The minimum absolute atomic E-state index is 0.0875. The van der Waals surface area contributed by atoms with Crippen molar-refractivity contribution in [1.82, 2.24) is 4.90 Å². The molecule has 3 aromatic carbocycles. The molecule has 0 saturated carbocycles. The van der Waals surface area contributed by atoms with Gasteiger partial charge in [-0.05, 0) is 67.6 Å². The minimum Gasteiger partial charge on any atom is -0.496 e. The number of ether oxygens (including phenoxy) is 2. The predicted molar refractivity (Wildman–Crippen MR) is 138 cm³/mol. The molecule has 1 heterocycles. The van der Waals surface area contributed by atoms with Crippen molar-refractivity contribution in [3.05, 3.63) is 82.9 Å². The van der Waals surface area contributed by atoms with Crippen molar-refractivity contribution in [2.75, 3.05) is 50.1 Å². The van der Waals surface area contributed by atoms with E-state index in [0.29, 0.717) is 66.1 Å². The van der Waals surface area contributed by atoms with Crippen molar-refractivity contribution in [3.8, 4) is 11.5 Å². The number of anilines is 2. The molecule has 0 spiro atoms. The van der Waals surface area contributed by atoms with E-state index in [1.807, 2.05) is 42.2 Å². The second-order valence-electron chi connectivity index (χ2n) is 8.09. The molecule has 1 aliphatic heterocycles.